The van der Waals surface area contributed by atoms with E-state index in [0.717, 1.165) is 7.11 Å². The largest absolute Gasteiger partial charge is 0.469 e. The minimum absolute atomic E-state index is 0.00947. The quantitative estimate of drug-likeness (QED) is 0.503. The van der Waals surface area contributed by atoms with Crippen LogP contribution in [-0.2, 0) is 23.6 Å². The van der Waals surface area contributed by atoms with Gasteiger partial charge in [-0.2, -0.15) is 0 Å². The zero-order valence-corrected chi connectivity index (χ0v) is 9.98. The molecule has 0 rings (SSSR count). The maximum atomic E-state index is 11.2. The Hall–Kier alpha value is -0.910. The molecular formula is C8H15O7P. The number of esters is 2. The van der Waals surface area contributed by atoms with Gasteiger partial charge in [-0.25, -0.2) is 0 Å². The van der Waals surface area contributed by atoms with Crippen LogP contribution in [0.4, 0.5) is 0 Å². The molecule has 0 aliphatic carbocycles. The fraction of sp³-hybridized carbons (Fsp3) is 0.750. The van der Waals surface area contributed by atoms with E-state index in [1.807, 2.05) is 0 Å². The van der Waals surface area contributed by atoms with Gasteiger partial charge in [0.15, 0.2) is 0 Å². The van der Waals surface area contributed by atoms with Gasteiger partial charge in [0, 0.05) is 6.42 Å². The van der Waals surface area contributed by atoms with Gasteiger partial charge in [0.05, 0.1) is 26.3 Å². The first-order valence-electron chi connectivity index (χ1n) is 4.49. The van der Waals surface area contributed by atoms with Gasteiger partial charge in [-0.15, -0.1) is 0 Å². The molecule has 0 heterocycles. The standard InChI is InChI=1S/C8H15O7P/c1-14-7(9)4-3-6(8(10)15-2)5-16(11,12)13/h6H,3-5H2,1-2H3,(H2,11,12,13). The molecular weight excluding hydrogens is 239 g/mol. The Labute approximate surface area is 92.9 Å². The molecule has 0 saturated carbocycles. The van der Waals surface area contributed by atoms with E-state index >= 15 is 0 Å². The van der Waals surface area contributed by atoms with Crippen molar-refractivity contribution < 1.29 is 33.4 Å². The lowest BCUT2D eigenvalue weighted by Crippen LogP contribution is -2.21. The van der Waals surface area contributed by atoms with Crippen LogP contribution in [0.1, 0.15) is 12.8 Å². The molecule has 1 atom stereocenters. The fourth-order valence-corrected chi connectivity index (χ4v) is 2.04. The normalized spacial score (nSPS) is 13.0. The second-order valence-electron chi connectivity index (χ2n) is 3.18. The summed E-state index contributed by atoms with van der Waals surface area (Å²) >= 11 is 0. The Morgan fingerprint density at radius 1 is 1.25 bits per heavy atom. The van der Waals surface area contributed by atoms with Crippen molar-refractivity contribution in [3.63, 3.8) is 0 Å². The number of hydrogen-bond donors (Lipinski definition) is 2. The average Bonchev–Trinajstić information content (AvgIpc) is 2.20. The van der Waals surface area contributed by atoms with Gasteiger partial charge in [0.25, 0.3) is 0 Å². The molecule has 0 aliphatic rings. The average molecular weight is 254 g/mol. The SMILES string of the molecule is COC(=O)CCC(CP(=O)(O)O)C(=O)OC. The highest BCUT2D eigenvalue weighted by Gasteiger charge is 2.28. The molecule has 0 bridgehead atoms. The summed E-state index contributed by atoms with van der Waals surface area (Å²) in [5.74, 6) is -2.28. The van der Waals surface area contributed by atoms with Gasteiger partial charge >= 0.3 is 19.5 Å². The third-order valence-corrected chi connectivity index (χ3v) is 2.83. The van der Waals surface area contributed by atoms with Crippen LogP contribution in [0.5, 0.6) is 0 Å². The Morgan fingerprint density at radius 2 is 1.81 bits per heavy atom. The maximum absolute atomic E-state index is 11.2. The van der Waals surface area contributed by atoms with E-state index in [-0.39, 0.29) is 12.8 Å². The van der Waals surface area contributed by atoms with Crippen LogP contribution in [0.15, 0.2) is 0 Å². The van der Waals surface area contributed by atoms with Crippen molar-refractivity contribution in [1.82, 2.24) is 0 Å². The number of carbonyl (C=O) groups excluding carboxylic acids is 2. The second kappa shape index (κ2) is 6.62. The first kappa shape index (κ1) is 15.1. The highest BCUT2D eigenvalue weighted by molar-refractivity contribution is 7.51. The van der Waals surface area contributed by atoms with Crippen LogP contribution < -0.4 is 0 Å². The molecule has 7 nitrogen and oxygen atoms in total. The Balaban J connectivity index is 4.39. The molecule has 0 spiro atoms. The highest BCUT2D eigenvalue weighted by Crippen LogP contribution is 2.38. The van der Waals surface area contributed by atoms with Crippen molar-refractivity contribution in [1.29, 1.82) is 0 Å². The smallest absolute Gasteiger partial charge is 0.326 e. The van der Waals surface area contributed by atoms with Gasteiger partial charge in [-0.05, 0) is 6.42 Å². The molecule has 1 unspecified atom stereocenters. The predicted octanol–water partition coefficient (Wildman–Crippen LogP) is -0.0935. The van der Waals surface area contributed by atoms with E-state index in [1.165, 1.54) is 7.11 Å². The molecule has 8 heteroatoms. The van der Waals surface area contributed by atoms with E-state index < -0.39 is 31.6 Å². The molecule has 0 aromatic heterocycles. The third-order valence-electron chi connectivity index (χ3n) is 1.92. The number of ether oxygens (including phenoxy) is 2. The van der Waals surface area contributed by atoms with Crippen molar-refractivity contribution in [2.45, 2.75) is 12.8 Å². The van der Waals surface area contributed by atoms with Crippen molar-refractivity contribution in [2.75, 3.05) is 20.4 Å². The van der Waals surface area contributed by atoms with Crippen molar-refractivity contribution in [2.24, 2.45) is 5.92 Å². The zero-order valence-electron chi connectivity index (χ0n) is 9.08. The lowest BCUT2D eigenvalue weighted by molar-refractivity contribution is -0.146. The van der Waals surface area contributed by atoms with E-state index in [4.69, 9.17) is 9.79 Å². The number of rotatable bonds is 6. The van der Waals surface area contributed by atoms with Crippen LogP contribution in [0.25, 0.3) is 0 Å². The molecule has 0 saturated heterocycles. The Bertz CT molecular complexity index is 295. The van der Waals surface area contributed by atoms with E-state index in [2.05, 4.69) is 9.47 Å². The predicted molar refractivity (Wildman–Crippen MR) is 53.7 cm³/mol. The summed E-state index contributed by atoms with van der Waals surface area (Å²) in [6.45, 7) is 0. The van der Waals surface area contributed by atoms with E-state index in [0.29, 0.717) is 0 Å². The van der Waals surface area contributed by atoms with Crippen LogP contribution in [-0.4, -0.2) is 42.1 Å². The number of methoxy groups -OCH3 is 2. The minimum Gasteiger partial charge on any atom is -0.469 e. The van der Waals surface area contributed by atoms with Gasteiger partial charge in [0.1, 0.15) is 0 Å². The van der Waals surface area contributed by atoms with Crippen molar-refractivity contribution in [3.05, 3.63) is 0 Å². The molecule has 0 aromatic rings. The van der Waals surface area contributed by atoms with E-state index in [1.54, 1.807) is 0 Å². The van der Waals surface area contributed by atoms with Gasteiger partial charge in [-0.1, -0.05) is 0 Å². The molecule has 0 amide bonds. The Morgan fingerprint density at radius 3 is 2.19 bits per heavy atom. The van der Waals surface area contributed by atoms with Gasteiger partial charge < -0.3 is 19.3 Å². The summed E-state index contributed by atoms with van der Waals surface area (Å²) in [6, 6.07) is 0. The van der Waals surface area contributed by atoms with Crippen LogP contribution in [0, 0.1) is 5.92 Å². The summed E-state index contributed by atoms with van der Waals surface area (Å²) in [6.07, 6.45) is -0.725. The molecule has 94 valence electrons. The molecule has 0 radical (unpaired) electrons. The second-order valence-corrected chi connectivity index (χ2v) is 4.88. The fourth-order valence-electron chi connectivity index (χ4n) is 1.13. The summed E-state index contributed by atoms with van der Waals surface area (Å²) in [5.41, 5.74) is 0. The van der Waals surface area contributed by atoms with Crippen LogP contribution >= 0.6 is 7.60 Å². The monoisotopic (exact) mass is 254 g/mol. The molecule has 0 aromatic carbocycles. The van der Waals surface area contributed by atoms with Crippen molar-refractivity contribution in [3.8, 4) is 0 Å². The van der Waals surface area contributed by atoms with Crippen LogP contribution in [0.3, 0.4) is 0 Å². The van der Waals surface area contributed by atoms with Gasteiger partial charge in [0.2, 0.25) is 0 Å². The first-order chi connectivity index (χ1) is 7.30. The lowest BCUT2D eigenvalue weighted by atomic mass is 10.1. The van der Waals surface area contributed by atoms with Gasteiger partial charge in [-0.3, -0.25) is 14.2 Å². The topological polar surface area (TPSA) is 110 Å². The summed E-state index contributed by atoms with van der Waals surface area (Å²) in [7, 11) is -2.00. The van der Waals surface area contributed by atoms with Crippen molar-refractivity contribution >= 4 is 19.5 Å². The first-order valence-corrected chi connectivity index (χ1v) is 6.29. The zero-order chi connectivity index (χ0) is 12.8. The third kappa shape index (κ3) is 6.55. The maximum Gasteiger partial charge on any atom is 0.326 e. The summed E-state index contributed by atoms with van der Waals surface area (Å²) < 4.78 is 19.5. The number of hydrogen-bond acceptors (Lipinski definition) is 5. The summed E-state index contributed by atoms with van der Waals surface area (Å²) in [5, 5.41) is 0. The highest BCUT2D eigenvalue weighted by atomic mass is 31.2. The molecule has 16 heavy (non-hydrogen) atoms. The minimum atomic E-state index is -4.31. The van der Waals surface area contributed by atoms with Crippen LogP contribution in [0.2, 0.25) is 0 Å². The Kier molecular flexibility index (Phi) is 6.25. The van der Waals surface area contributed by atoms with E-state index in [9.17, 15) is 14.2 Å². The lowest BCUT2D eigenvalue weighted by Gasteiger charge is -2.14. The molecule has 2 N–H and O–H groups in total. The molecule has 0 aliphatic heterocycles. The molecule has 0 fully saturated rings. The summed E-state index contributed by atoms with van der Waals surface area (Å²) in [4.78, 5) is 39.5. The number of carbonyl (C=O) groups is 2.